The number of aliphatic imine (C=N–C) groups is 1. The number of nitriles is 1. The van der Waals surface area contributed by atoms with E-state index >= 15 is 0 Å². The van der Waals surface area contributed by atoms with E-state index in [1.807, 2.05) is 31.5 Å². The summed E-state index contributed by atoms with van der Waals surface area (Å²) in [6.45, 7) is 3.13. The SMILES string of the molecule is CSC(=NCCCN1N=C(c2ccc(C)cc2)CCC1=O)NC#N. The maximum absolute atomic E-state index is 12.0. The van der Waals surface area contributed by atoms with Crippen LogP contribution in [-0.2, 0) is 4.79 Å². The van der Waals surface area contributed by atoms with Crippen molar-refractivity contribution in [3.8, 4) is 6.19 Å². The van der Waals surface area contributed by atoms with Crippen LogP contribution in [0.15, 0.2) is 34.4 Å². The first-order valence-electron chi connectivity index (χ1n) is 7.82. The van der Waals surface area contributed by atoms with Gasteiger partial charge in [0.1, 0.15) is 0 Å². The maximum Gasteiger partial charge on any atom is 0.243 e. The first-order valence-corrected chi connectivity index (χ1v) is 9.05. The molecule has 0 atom stereocenters. The predicted molar refractivity (Wildman–Crippen MR) is 97.8 cm³/mol. The highest BCUT2D eigenvalue weighted by atomic mass is 32.2. The topological polar surface area (TPSA) is 80.8 Å². The number of rotatable bonds is 5. The monoisotopic (exact) mass is 343 g/mol. The van der Waals surface area contributed by atoms with Crippen molar-refractivity contribution in [3.63, 3.8) is 0 Å². The lowest BCUT2D eigenvalue weighted by Crippen LogP contribution is -2.33. The largest absolute Gasteiger partial charge is 0.273 e. The summed E-state index contributed by atoms with van der Waals surface area (Å²) in [4.78, 5) is 16.3. The number of hydrazone groups is 1. The number of amidine groups is 1. The Hall–Kier alpha value is -2.33. The summed E-state index contributed by atoms with van der Waals surface area (Å²) < 4.78 is 0. The normalized spacial score (nSPS) is 15.0. The Kier molecular flexibility index (Phi) is 6.82. The molecule has 2 rings (SSSR count). The second-order valence-corrected chi connectivity index (χ2v) is 6.21. The summed E-state index contributed by atoms with van der Waals surface area (Å²) in [5.74, 6) is 0.0510. The summed E-state index contributed by atoms with van der Waals surface area (Å²) in [5, 5.41) is 17.8. The first-order chi connectivity index (χ1) is 11.6. The molecule has 0 saturated heterocycles. The third-order valence-corrected chi connectivity index (χ3v) is 4.25. The molecule has 6 nitrogen and oxygen atoms in total. The highest BCUT2D eigenvalue weighted by Gasteiger charge is 2.20. The van der Waals surface area contributed by atoms with E-state index in [2.05, 4.69) is 27.5 Å². The molecule has 126 valence electrons. The van der Waals surface area contributed by atoms with Gasteiger partial charge in [0.15, 0.2) is 11.4 Å². The van der Waals surface area contributed by atoms with E-state index in [9.17, 15) is 4.79 Å². The molecule has 1 aromatic rings. The molecular weight excluding hydrogens is 322 g/mol. The third-order valence-electron chi connectivity index (χ3n) is 3.63. The van der Waals surface area contributed by atoms with Gasteiger partial charge in [-0.25, -0.2) is 5.01 Å². The van der Waals surface area contributed by atoms with Crippen molar-refractivity contribution in [1.82, 2.24) is 10.3 Å². The van der Waals surface area contributed by atoms with Gasteiger partial charge in [0.05, 0.1) is 5.71 Å². The molecule has 0 radical (unpaired) electrons. The number of nitrogens with zero attached hydrogens (tertiary/aromatic N) is 4. The maximum atomic E-state index is 12.0. The second-order valence-electron chi connectivity index (χ2n) is 5.41. The van der Waals surface area contributed by atoms with Crippen molar-refractivity contribution >= 4 is 28.5 Å². The second kappa shape index (κ2) is 9.08. The van der Waals surface area contributed by atoms with Crippen LogP contribution >= 0.6 is 11.8 Å². The molecule has 24 heavy (non-hydrogen) atoms. The summed E-state index contributed by atoms with van der Waals surface area (Å²) in [7, 11) is 0. The average molecular weight is 343 g/mol. The van der Waals surface area contributed by atoms with Gasteiger partial charge in [-0.3, -0.25) is 15.1 Å². The van der Waals surface area contributed by atoms with Crippen LogP contribution < -0.4 is 5.32 Å². The van der Waals surface area contributed by atoms with Crippen molar-refractivity contribution in [1.29, 1.82) is 5.26 Å². The summed E-state index contributed by atoms with van der Waals surface area (Å²) in [6, 6.07) is 8.20. The fourth-order valence-electron chi connectivity index (χ4n) is 2.33. The van der Waals surface area contributed by atoms with Crippen molar-refractivity contribution < 1.29 is 4.79 Å². The lowest BCUT2D eigenvalue weighted by Gasteiger charge is -2.23. The molecular formula is C17H21N5OS. The van der Waals surface area contributed by atoms with E-state index in [0.717, 1.165) is 11.3 Å². The number of hydrogen-bond acceptors (Lipinski definition) is 5. The summed E-state index contributed by atoms with van der Waals surface area (Å²) in [5.41, 5.74) is 3.23. The highest BCUT2D eigenvalue weighted by molar-refractivity contribution is 8.13. The number of benzene rings is 1. The van der Waals surface area contributed by atoms with Gasteiger partial charge in [-0.15, -0.1) is 0 Å². The highest BCUT2D eigenvalue weighted by Crippen LogP contribution is 2.16. The zero-order chi connectivity index (χ0) is 17.4. The van der Waals surface area contributed by atoms with Gasteiger partial charge in [0, 0.05) is 25.9 Å². The zero-order valence-corrected chi connectivity index (χ0v) is 14.8. The standard InChI is InChI=1S/C17H21N5OS/c1-13-4-6-14(7-5-13)15-8-9-16(23)22(21-15)11-3-10-19-17(24-2)20-12-18/h4-7H,3,8-11H2,1-2H3,(H,19,20). The Morgan fingerprint density at radius 1 is 1.42 bits per heavy atom. The van der Waals surface area contributed by atoms with Gasteiger partial charge in [-0.1, -0.05) is 41.6 Å². The van der Waals surface area contributed by atoms with E-state index in [1.165, 1.54) is 17.3 Å². The van der Waals surface area contributed by atoms with E-state index in [0.29, 0.717) is 37.5 Å². The fourth-order valence-corrected chi connectivity index (χ4v) is 2.70. The van der Waals surface area contributed by atoms with Crippen LogP contribution in [-0.4, -0.2) is 41.1 Å². The zero-order valence-electron chi connectivity index (χ0n) is 14.0. The van der Waals surface area contributed by atoms with Crippen molar-refractivity contribution in [3.05, 3.63) is 35.4 Å². The molecule has 0 fully saturated rings. The van der Waals surface area contributed by atoms with Crippen molar-refractivity contribution in [2.24, 2.45) is 10.1 Å². The minimum atomic E-state index is 0.0510. The summed E-state index contributed by atoms with van der Waals surface area (Å²) >= 11 is 1.39. The Morgan fingerprint density at radius 3 is 2.83 bits per heavy atom. The Balaban J connectivity index is 1.96. The quantitative estimate of drug-likeness (QED) is 0.293. The Morgan fingerprint density at radius 2 is 2.17 bits per heavy atom. The van der Waals surface area contributed by atoms with Gasteiger partial charge < -0.3 is 0 Å². The molecule has 1 aliphatic rings. The first kappa shape index (κ1) is 18.0. The van der Waals surface area contributed by atoms with Crippen LogP contribution in [0, 0.1) is 18.4 Å². The molecule has 0 aliphatic carbocycles. The number of carbonyl (C=O) groups excluding carboxylic acids is 1. The van der Waals surface area contributed by atoms with E-state index in [4.69, 9.17) is 5.26 Å². The molecule has 0 aromatic heterocycles. The fraction of sp³-hybridized carbons (Fsp3) is 0.412. The average Bonchev–Trinajstić information content (AvgIpc) is 2.60. The number of hydrogen-bond donors (Lipinski definition) is 1. The molecule has 0 saturated carbocycles. The number of nitrogens with one attached hydrogen (secondary N) is 1. The van der Waals surface area contributed by atoms with E-state index in [1.54, 1.807) is 5.01 Å². The van der Waals surface area contributed by atoms with Crippen LogP contribution in [0.3, 0.4) is 0 Å². The molecule has 0 unspecified atom stereocenters. The van der Waals surface area contributed by atoms with Gasteiger partial charge in [0.25, 0.3) is 0 Å². The van der Waals surface area contributed by atoms with Crippen LogP contribution in [0.4, 0.5) is 0 Å². The lowest BCUT2D eigenvalue weighted by atomic mass is 10.0. The van der Waals surface area contributed by atoms with E-state index in [-0.39, 0.29) is 5.91 Å². The van der Waals surface area contributed by atoms with Gasteiger partial charge in [-0.2, -0.15) is 10.4 Å². The molecule has 1 heterocycles. The van der Waals surface area contributed by atoms with Gasteiger partial charge >= 0.3 is 0 Å². The minimum Gasteiger partial charge on any atom is -0.273 e. The van der Waals surface area contributed by atoms with Crippen LogP contribution in [0.1, 0.15) is 30.4 Å². The summed E-state index contributed by atoms with van der Waals surface area (Å²) in [6.07, 6.45) is 5.58. The molecule has 0 bridgehead atoms. The molecule has 1 N–H and O–H groups in total. The van der Waals surface area contributed by atoms with Crippen molar-refractivity contribution in [2.45, 2.75) is 26.2 Å². The van der Waals surface area contributed by atoms with Crippen LogP contribution in [0.5, 0.6) is 0 Å². The van der Waals surface area contributed by atoms with Gasteiger partial charge in [0.2, 0.25) is 5.91 Å². The Bertz CT molecular complexity index is 675. The van der Waals surface area contributed by atoms with Gasteiger partial charge in [-0.05, 0) is 25.2 Å². The number of carbonyl (C=O) groups is 1. The molecule has 1 aliphatic heterocycles. The Labute approximate surface area is 146 Å². The van der Waals surface area contributed by atoms with E-state index < -0.39 is 0 Å². The number of aryl methyl sites for hydroxylation is 1. The van der Waals surface area contributed by atoms with Crippen LogP contribution in [0.25, 0.3) is 0 Å². The number of amides is 1. The molecule has 1 aromatic carbocycles. The molecule has 7 heteroatoms. The van der Waals surface area contributed by atoms with Crippen molar-refractivity contribution in [2.75, 3.05) is 19.3 Å². The molecule has 1 amide bonds. The smallest absolute Gasteiger partial charge is 0.243 e. The lowest BCUT2D eigenvalue weighted by molar-refractivity contribution is -0.131. The third kappa shape index (κ3) is 5.10. The molecule has 0 spiro atoms. The number of thioether (sulfide) groups is 1. The van der Waals surface area contributed by atoms with Crippen LogP contribution in [0.2, 0.25) is 0 Å². The minimum absolute atomic E-state index is 0.0510. The predicted octanol–water partition coefficient (Wildman–Crippen LogP) is 2.50.